The molecule has 0 saturated carbocycles. The fraction of sp³-hybridized carbons (Fsp3) is 0.294. The molecule has 0 aliphatic heterocycles. The number of halogens is 1. The molecule has 128 valence electrons. The summed E-state index contributed by atoms with van der Waals surface area (Å²) in [6, 6.07) is 8.27. The second-order valence-corrected chi connectivity index (χ2v) is 7.67. The number of hydrogen-bond acceptors (Lipinski definition) is 4. The van der Waals surface area contributed by atoms with Gasteiger partial charge in [-0.05, 0) is 48.6 Å². The molecule has 7 heteroatoms. The van der Waals surface area contributed by atoms with Crippen LogP contribution in [0.3, 0.4) is 0 Å². The van der Waals surface area contributed by atoms with Crippen LogP contribution in [0.4, 0.5) is 5.69 Å². The molecule has 2 aromatic carbocycles. The fourth-order valence-electron chi connectivity index (χ4n) is 2.86. The first kappa shape index (κ1) is 16.9. The molecule has 1 aliphatic carbocycles. The molecule has 0 bridgehead atoms. The van der Waals surface area contributed by atoms with Crippen LogP contribution in [0, 0.1) is 0 Å². The molecule has 1 N–H and O–H groups in total. The Balaban J connectivity index is 1.96. The van der Waals surface area contributed by atoms with E-state index in [0.717, 1.165) is 24.8 Å². The Hall–Kier alpha value is -1.92. The van der Waals surface area contributed by atoms with E-state index < -0.39 is 10.0 Å². The van der Waals surface area contributed by atoms with E-state index in [0.29, 0.717) is 16.5 Å². The van der Waals surface area contributed by atoms with Crippen molar-refractivity contribution in [3.05, 3.63) is 46.5 Å². The van der Waals surface area contributed by atoms with Gasteiger partial charge < -0.3 is 9.47 Å². The number of rotatable bonds is 5. The SMILES string of the molecule is COc1cc(OC)c(NS(=O)(=O)c2ccc3c(c2)CCC3)cc1Cl. The third-order valence-electron chi connectivity index (χ3n) is 4.10. The van der Waals surface area contributed by atoms with E-state index in [9.17, 15) is 8.42 Å². The van der Waals surface area contributed by atoms with E-state index in [2.05, 4.69) is 4.72 Å². The van der Waals surface area contributed by atoms with E-state index in [-0.39, 0.29) is 10.6 Å². The van der Waals surface area contributed by atoms with Crippen molar-refractivity contribution in [2.45, 2.75) is 24.2 Å². The first-order valence-electron chi connectivity index (χ1n) is 7.51. The zero-order valence-electron chi connectivity index (χ0n) is 13.4. The van der Waals surface area contributed by atoms with E-state index in [1.807, 2.05) is 6.07 Å². The molecule has 0 amide bonds. The molecule has 0 unspecified atom stereocenters. The second-order valence-electron chi connectivity index (χ2n) is 5.58. The summed E-state index contributed by atoms with van der Waals surface area (Å²) in [5.74, 6) is 0.745. The minimum atomic E-state index is -3.73. The smallest absolute Gasteiger partial charge is 0.262 e. The van der Waals surface area contributed by atoms with E-state index in [4.69, 9.17) is 21.1 Å². The summed E-state index contributed by atoms with van der Waals surface area (Å²) in [5, 5.41) is 0.296. The molecule has 0 aromatic heterocycles. The van der Waals surface area contributed by atoms with Crippen molar-refractivity contribution in [3.8, 4) is 11.5 Å². The van der Waals surface area contributed by atoms with E-state index >= 15 is 0 Å². The quantitative estimate of drug-likeness (QED) is 0.876. The normalized spacial score (nSPS) is 13.5. The van der Waals surface area contributed by atoms with E-state index in [1.165, 1.54) is 25.8 Å². The van der Waals surface area contributed by atoms with Gasteiger partial charge in [-0.2, -0.15) is 0 Å². The zero-order chi connectivity index (χ0) is 17.3. The van der Waals surface area contributed by atoms with Crippen molar-refractivity contribution in [1.29, 1.82) is 0 Å². The first-order valence-corrected chi connectivity index (χ1v) is 9.37. The maximum atomic E-state index is 12.7. The minimum absolute atomic E-state index is 0.233. The Morgan fingerprint density at radius 1 is 1.00 bits per heavy atom. The number of methoxy groups -OCH3 is 2. The fourth-order valence-corrected chi connectivity index (χ4v) is 4.21. The Morgan fingerprint density at radius 3 is 2.42 bits per heavy atom. The lowest BCUT2D eigenvalue weighted by Crippen LogP contribution is -2.14. The van der Waals surface area contributed by atoms with Crippen molar-refractivity contribution < 1.29 is 17.9 Å². The summed E-state index contributed by atoms with van der Waals surface area (Å²) in [6.07, 6.45) is 2.98. The molecule has 3 rings (SSSR count). The lowest BCUT2D eigenvalue weighted by atomic mass is 10.1. The molecule has 0 spiro atoms. The first-order chi connectivity index (χ1) is 11.4. The summed E-state index contributed by atoms with van der Waals surface area (Å²) in [6.45, 7) is 0. The summed E-state index contributed by atoms with van der Waals surface area (Å²) in [5.41, 5.74) is 2.58. The highest BCUT2D eigenvalue weighted by molar-refractivity contribution is 7.92. The van der Waals surface area contributed by atoms with Crippen LogP contribution in [0.5, 0.6) is 11.5 Å². The second kappa shape index (κ2) is 6.53. The highest BCUT2D eigenvalue weighted by Gasteiger charge is 2.21. The van der Waals surface area contributed by atoms with Crippen LogP contribution in [-0.2, 0) is 22.9 Å². The van der Waals surface area contributed by atoms with Crippen LogP contribution in [0.15, 0.2) is 35.2 Å². The number of sulfonamides is 1. The number of ether oxygens (including phenoxy) is 2. The Labute approximate surface area is 146 Å². The van der Waals surface area contributed by atoms with Gasteiger partial charge in [0.2, 0.25) is 0 Å². The van der Waals surface area contributed by atoms with Gasteiger partial charge in [-0.1, -0.05) is 17.7 Å². The van der Waals surface area contributed by atoms with Gasteiger partial charge >= 0.3 is 0 Å². The molecule has 0 radical (unpaired) electrons. The van der Waals surface area contributed by atoms with Gasteiger partial charge in [0.1, 0.15) is 11.5 Å². The number of nitrogens with one attached hydrogen (secondary N) is 1. The topological polar surface area (TPSA) is 64.6 Å². The Bertz CT molecular complexity index is 880. The van der Waals surface area contributed by atoms with Gasteiger partial charge in [0.05, 0.1) is 29.8 Å². The van der Waals surface area contributed by atoms with Crippen molar-refractivity contribution in [2.24, 2.45) is 0 Å². The summed E-state index contributed by atoms with van der Waals surface area (Å²) in [4.78, 5) is 0.233. The van der Waals surface area contributed by atoms with Gasteiger partial charge in [-0.25, -0.2) is 8.42 Å². The largest absolute Gasteiger partial charge is 0.495 e. The highest BCUT2D eigenvalue weighted by atomic mass is 35.5. The minimum Gasteiger partial charge on any atom is -0.495 e. The lowest BCUT2D eigenvalue weighted by Gasteiger charge is -2.14. The number of anilines is 1. The average molecular weight is 368 g/mol. The van der Waals surface area contributed by atoms with Crippen LogP contribution >= 0.6 is 11.6 Å². The maximum Gasteiger partial charge on any atom is 0.262 e. The van der Waals surface area contributed by atoms with Crippen molar-refractivity contribution in [3.63, 3.8) is 0 Å². The molecule has 0 atom stereocenters. The molecule has 24 heavy (non-hydrogen) atoms. The van der Waals surface area contributed by atoms with Gasteiger partial charge in [0.15, 0.2) is 0 Å². The van der Waals surface area contributed by atoms with Crippen LogP contribution < -0.4 is 14.2 Å². The molecule has 0 fully saturated rings. The lowest BCUT2D eigenvalue weighted by molar-refractivity contribution is 0.396. The van der Waals surface area contributed by atoms with Crippen molar-refractivity contribution >= 4 is 27.3 Å². The number of fused-ring (bicyclic) bond motifs is 1. The molecule has 0 saturated heterocycles. The third kappa shape index (κ3) is 3.16. The maximum absolute atomic E-state index is 12.7. The van der Waals surface area contributed by atoms with Gasteiger partial charge in [0, 0.05) is 6.07 Å². The summed E-state index contributed by atoms with van der Waals surface area (Å²) >= 11 is 6.09. The third-order valence-corrected chi connectivity index (χ3v) is 5.76. The standard InChI is InChI=1S/C17H18ClNO4S/c1-22-16-10-17(23-2)15(9-14(16)18)19-24(20,21)13-7-6-11-4-3-5-12(11)8-13/h6-10,19H,3-5H2,1-2H3. The number of hydrogen-bond donors (Lipinski definition) is 1. The molecule has 5 nitrogen and oxygen atoms in total. The Morgan fingerprint density at radius 2 is 1.71 bits per heavy atom. The van der Waals surface area contributed by atoms with Crippen LogP contribution in [0.25, 0.3) is 0 Å². The summed E-state index contributed by atoms with van der Waals surface area (Å²) in [7, 11) is -0.798. The van der Waals surface area contributed by atoms with Gasteiger partial charge in [0.25, 0.3) is 10.0 Å². The average Bonchev–Trinajstić information content (AvgIpc) is 3.02. The summed E-state index contributed by atoms with van der Waals surface area (Å²) < 4.78 is 38.3. The van der Waals surface area contributed by atoms with Gasteiger partial charge in [-0.15, -0.1) is 0 Å². The van der Waals surface area contributed by atoms with Crippen LogP contribution in [0.1, 0.15) is 17.5 Å². The van der Waals surface area contributed by atoms with Crippen molar-refractivity contribution in [2.75, 3.05) is 18.9 Å². The van der Waals surface area contributed by atoms with Crippen LogP contribution in [0.2, 0.25) is 5.02 Å². The van der Waals surface area contributed by atoms with Crippen LogP contribution in [-0.4, -0.2) is 22.6 Å². The zero-order valence-corrected chi connectivity index (χ0v) is 15.0. The number of benzene rings is 2. The Kier molecular flexibility index (Phi) is 4.60. The van der Waals surface area contributed by atoms with Gasteiger partial charge in [-0.3, -0.25) is 4.72 Å². The molecule has 2 aromatic rings. The molecule has 1 aliphatic rings. The molecular weight excluding hydrogens is 350 g/mol. The molecular formula is C17H18ClNO4S. The predicted octanol–water partition coefficient (Wildman–Crippen LogP) is 3.65. The van der Waals surface area contributed by atoms with E-state index in [1.54, 1.807) is 18.2 Å². The van der Waals surface area contributed by atoms with Crippen molar-refractivity contribution in [1.82, 2.24) is 0 Å². The number of aryl methyl sites for hydroxylation is 2. The monoisotopic (exact) mass is 367 g/mol. The predicted molar refractivity (Wildman–Crippen MR) is 93.8 cm³/mol. The molecule has 0 heterocycles. The highest BCUT2D eigenvalue weighted by Crippen LogP contribution is 2.37.